The van der Waals surface area contributed by atoms with Crippen LogP contribution in [-0.2, 0) is 6.42 Å². The Kier molecular flexibility index (Phi) is 6.09. The monoisotopic (exact) mass is 400 g/mol. The van der Waals surface area contributed by atoms with Gasteiger partial charge < -0.3 is 14.8 Å². The number of hydrogen-bond donors (Lipinski definition) is 2. The lowest BCUT2D eigenvalue weighted by Crippen LogP contribution is -2.24. The van der Waals surface area contributed by atoms with Gasteiger partial charge in [0.1, 0.15) is 11.3 Å². The van der Waals surface area contributed by atoms with Crippen molar-refractivity contribution in [3.63, 3.8) is 0 Å². The Morgan fingerprint density at radius 2 is 1.73 bits per heavy atom. The molecular formula is C25H24N2O3. The third-order valence-electron chi connectivity index (χ3n) is 5.05. The number of phenols is 1. The summed E-state index contributed by atoms with van der Waals surface area (Å²) >= 11 is 0. The molecule has 0 saturated heterocycles. The quantitative estimate of drug-likeness (QED) is 0.391. The second-order valence-corrected chi connectivity index (χ2v) is 7.27. The molecule has 0 aliphatic carbocycles. The molecule has 1 heterocycles. The van der Waals surface area contributed by atoms with Gasteiger partial charge in [0, 0.05) is 12.1 Å². The highest BCUT2D eigenvalue weighted by atomic mass is 16.3. The number of carbonyl (C=O) groups excluding carboxylic acids is 1. The minimum absolute atomic E-state index is 0.00803. The molecule has 2 N–H and O–H groups in total. The van der Waals surface area contributed by atoms with Crippen LogP contribution in [0.5, 0.6) is 5.75 Å². The van der Waals surface area contributed by atoms with E-state index in [-0.39, 0.29) is 11.7 Å². The number of para-hydroxylation sites is 1. The van der Waals surface area contributed by atoms with Gasteiger partial charge in [0.05, 0.1) is 5.56 Å². The van der Waals surface area contributed by atoms with Crippen molar-refractivity contribution in [2.75, 3.05) is 6.54 Å². The van der Waals surface area contributed by atoms with Gasteiger partial charge in [-0.2, -0.15) is 0 Å². The van der Waals surface area contributed by atoms with Crippen molar-refractivity contribution in [3.05, 3.63) is 83.9 Å². The first-order valence-corrected chi connectivity index (χ1v) is 10.2. The average molecular weight is 400 g/mol. The van der Waals surface area contributed by atoms with Crippen molar-refractivity contribution in [2.24, 2.45) is 0 Å². The lowest BCUT2D eigenvalue weighted by atomic mass is 10.1. The molecular weight excluding hydrogens is 376 g/mol. The maximum absolute atomic E-state index is 12.1. The zero-order valence-corrected chi connectivity index (χ0v) is 16.7. The number of unbranched alkanes of at least 4 members (excludes halogenated alkanes) is 2. The van der Waals surface area contributed by atoms with E-state index in [4.69, 9.17) is 4.42 Å². The Labute approximate surface area is 175 Å². The highest BCUT2D eigenvalue weighted by Crippen LogP contribution is 2.25. The van der Waals surface area contributed by atoms with Crippen LogP contribution in [0.3, 0.4) is 0 Å². The second kappa shape index (κ2) is 9.27. The van der Waals surface area contributed by atoms with Gasteiger partial charge in [-0.25, -0.2) is 4.98 Å². The van der Waals surface area contributed by atoms with E-state index in [9.17, 15) is 9.90 Å². The Balaban J connectivity index is 1.24. The van der Waals surface area contributed by atoms with Crippen molar-refractivity contribution in [3.8, 4) is 17.2 Å². The van der Waals surface area contributed by atoms with Gasteiger partial charge >= 0.3 is 0 Å². The van der Waals surface area contributed by atoms with E-state index in [0.717, 1.165) is 42.3 Å². The van der Waals surface area contributed by atoms with Gasteiger partial charge in [0.2, 0.25) is 5.89 Å². The van der Waals surface area contributed by atoms with Gasteiger partial charge in [0.15, 0.2) is 5.58 Å². The largest absolute Gasteiger partial charge is 0.507 e. The Morgan fingerprint density at radius 1 is 0.933 bits per heavy atom. The number of hydrogen-bond acceptors (Lipinski definition) is 4. The fourth-order valence-corrected chi connectivity index (χ4v) is 3.43. The standard InChI is InChI=1S/C25H24N2O3/c28-22-13-7-6-12-20(22)24(29)26-16-8-2-3-9-18-14-15-23-21(17-18)27-25(30-23)19-10-4-1-5-11-19/h1,4-7,10-15,17,28H,2-3,8-9,16H2,(H,26,29). The minimum Gasteiger partial charge on any atom is -0.507 e. The van der Waals surface area contributed by atoms with Crippen LogP contribution < -0.4 is 5.32 Å². The topological polar surface area (TPSA) is 75.4 Å². The fraction of sp³-hybridized carbons (Fsp3) is 0.200. The normalized spacial score (nSPS) is 10.9. The molecule has 152 valence electrons. The van der Waals surface area contributed by atoms with Crippen LogP contribution in [0.15, 0.2) is 77.2 Å². The number of aromatic hydroxyl groups is 1. The van der Waals surface area contributed by atoms with Crippen LogP contribution in [0.25, 0.3) is 22.6 Å². The first-order valence-electron chi connectivity index (χ1n) is 10.2. The van der Waals surface area contributed by atoms with E-state index < -0.39 is 0 Å². The summed E-state index contributed by atoms with van der Waals surface area (Å²) in [6.45, 7) is 0.593. The Bertz CT molecular complexity index is 1140. The first-order chi connectivity index (χ1) is 14.7. The maximum Gasteiger partial charge on any atom is 0.255 e. The molecule has 0 fully saturated rings. The van der Waals surface area contributed by atoms with Crippen molar-refractivity contribution in [2.45, 2.75) is 25.7 Å². The van der Waals surface area contributed by atoms with Crippen molar-refractivity contribution < 1.29 is 14.3 Å². The number of oxazole rings is 1. The van der Waals surface area contributed by atoms with Gasteiger partial charge in [-0.05, 0) is 61.2 Å². The smallest absolute Gasteiger partial charge is 0.255 e. The van der Waals surface area contributed by atoms with Crippen LogP contribution in [-0.4, -0.2) is 22.5 Å². The van der Waals surface area contributed by atoms with Crippen LogP contribution in [0.2, 0.25) is 0 Å². The number of aromatic nitrogens is 1. The van der Waals surface area contributed by atoms with Gasteiger partial charge in [0.25, 0.3) is 5.91 Å². The summed E-state index contributed by atoms with van der Waals surface area (Å²) in [6, 6.07) is 22.6. The lowest BCUT2D eigenvalue weighted by molar-refractivity contribution is 0.0950. The SMILES string of the molecule is O=C(NCCCCCc1ccc2oc(-c3ccccc3)nc2c1)c1ccccc1O. The van der Waals surface area contributed by atoms with Crippen LogP contribution in [0, 0.1) is 0 Å². The van der Waals surface area contributed by atoms with Crippen molar-refractivity contribution in [1.29, 1.82) is 0 Å². The number of aryl methyl sites for hydroxylation is 1. The summed E-state index contributed by atoms with van der Waals surface area (Å²) in [5.74, 6) is 0.412. The number of nitrogens with one attached hydrogen (secondary N) is 1. The number of nitrogens with zero attached hydrogens (tertiary/aromatic N) is 1. The van der Waals surface area contributed by atoms with E-state index in [0.29, 0.717) is 18.0 Å². The lowest BCUT2D eigenvalue weighted by Gasteiger charge is -2.06. The molecule has 0 atom stereocenters. The zero-order valence-electron chi connectivity index (χ0n) is 16.7. The van der Waals surface area contributed by atoms with Crippen LogP contribution >= 0.6 is 0 Å². The van der Waals surface area contributed by atoms with Gasteiger partial charge in [-0.1, -0.05) is 42.8 Å². The molecule has 0 radical (unpaired) electrons. The molecule has 4 aromatic rings. The molecule has 0 unspecified atom stereocenters. The van der Waals surface area contributed by atoms with Crippen LogP contribution in [0.4, 0.5) is 0 Å². The third kappa shape index (κ3) is 4.69. The summed E-state index contributed by atoms with van der Waals surface area (Å²) in [7, 11) is 0. The molecule has 30 heavy (non-hydrogen) atoms. The van der Waals surface area contributed by atoms with Gasteiger partial charge in [-0.15, -0.1) is 0 Å². The highest BCUT2D eigenvalue weighted by molar-refractivity contribution is 5.96. The summed E-state index contributed by atoms with van der Waals surface area (Å²) < 4.78 is 5.86. The molecule has 0 aliphatic heterocycles. The number of phenolic OH excluding ortho intramolecular Hbond substituents is 1. The number of amides is 1. The maximum atomic E-state index is 12.1. The summed E-state index contributed by atoms with van der Waals surface area (Å²) in [5.41, 5.74) is 4.19. The van der Waals surface area contributed by atoms with Crippen LogP contribution in [0.1, 0.15) is 35.2 Å². The van der Waals surface area contributed by atoms with E-state index in [2.05, 4.69) is 22.4 Å². The molecule has 0 saturated carbocycles. The summed E-state index contributed by atoms with van der Waals surface area (Å²) in [4.78, 5) is 16.7. The minimum atomic E-state index is -0.237. The third-order valence-corrected chi connectivity index (χ3v) is 5.05. The summed E-state index contributed by atoms with van der Waals surface area (Å²) in [6.07, 6.45) is 3.88. The highest BCUT2D eigenvalue weighted by Gasteiger charge is 2.10. The number of benzene rings is 3. The van der Waals surface area contributed by atoms with E-state index in [1.165, 1.54) is 11.6 Å². The Morgan fingerprint density at radius 3 is 2.57 bits per heavy atom. The predicted molar refractivity (Wildman–Crippen MR) is 117 cm³/mol. The van der Waals surface area contributed by atoms with E-state index in [1.54, 1.807) is 18.2 Å². The molecule has 4 rings (SSSR count). The van der Waals surface area contributed by atoms with E-state index in [1.807, 2.05) is 36.4 Å². The van der Waals surface area contributed by atoms with E-state index >= 15 is 0 Å². The zero-order chi connectivity index (χ0) is 20.8. The summed E-state index contributed by atoms with van der Waals surface area (Å²) in [5, 5.41) is 12.6. The number of carbonyl (C=O) groups is 1. The molecule has 3 aromatic carbocycles. The fourth-order valence-electron chi connectivity index (χ4n) is 3.43. The molecule has 1 amide bonds. The molecule has 5 nitrogen and oxygen atoms in total. The average Bonchev–Trinajstić information content (AvgIpc) is 3.20. The second-order valence-electron chi connectivity index (χ2n) is 7.27. The molecule has 1 aromatic heterocycles. The van der Waals surface area contributed by atoms with Gasteiger partial charge in [-0.3, -0.25) is 4.79 Å². The molecule has 0 aliphatic rings. The van der Waals surface area contributed by atoms with Crippen molar-refractivity contribution >= 4 is 17.0 Å². The van der Waals surface area contributed by atoms with Crippen molar-refractivity contribution in [1.82, 2.24) is 10.3 Å². The predicted octanol–water partition coefficient (Wildman–Crippen LogP) is 5.34. The molecule has 5 heteroatoms. The Hall–Kier alpha value is -3.60. The molecule has 0 bridgehead atoms. The first kappa shape index (κ1) is 19.7. The number of fused-ring (bicyclic) bond motifs is 1. The number of rotatable bonds is 8. The molecule has 0 spiro atoms.